The summed E-state index contributed by atoms with van der Waals surface area (Å²) in [6.07, 6.45) is 1.00. The number of amides is 1. The zero-order valence-electron chi connectivity index (χ0n) is 10.6. The number of ether oxygens (including phenoxy) is 1. The number of aliphatic hydroxyl groups excluding tert-OH is 1. The summed E-state index contributed by atoms with van der Waals surface area (Å²) in [4.78, 5) is 12.1. The second-order valence-electron chi connectivity index (χ2n) is 4.50. The highest BCUT2D eigenvalue weighted by molar-refractivity contribution is 5.83. The monoisotopic (exact) mass is 249 g/mol. The van der Waals surface area contributed by atoms with Gasteiger partial charge in [0.1, 0.15) is 0 Å². The van der Waals surface area contributed by atoms with Crippen molar-refractivity contribution in [1.29, 1.82) is 0 Å². The lowest BCUT2D eigenvalue weighted by atomic mass is 9.97. The maximum absolute atomic E-state index is 12.1. The van der Waals surface area contributed by atoms with Gasteiger partial charge in [0, 0.05) is 0 Å². The first-order valence-electron chi connectivity index (χ1n) is 6.37. The number of hydrogen-bond donors (Lipinski definition) is 2. The lowest BCUT2D eigenvalue weighted by molar-refractivity contribution is -0.135. The van der Waals surface area contributed by atoms with Crippen LogP contribution in [0.4, 0.5) is 0 Å². The Balaban J connectivity index is 2.12. The molecule has 1 aliphatic rings. The van der Waals surface area contributed by atoms with Gasteiger partial charge in [-0.2, -0.15) is 0 Å². The van der Waals surface area contributed by atoms with E-state index in [0.717, 1.165) is 12.0 Å². The van der Waals surface area contributed by atoms with E-state index in [0.29, 0.717) is 13.0 Å². The average Bonchev–Trinajstić information content (AvgIpc) is 2.43. The van der Waals surface area contributed by atoms with Crippen molar-refractivity contribution >= 4 is 5.91 Å². The Kier molecular flexibility index (Phi) is 4.33. The van der Waals surface area contributed by atoms with E-state index in [-0.39, 0.29) is 18.6 Å². The van der Waals surface area contributed by atoms with Crippen LogP contribution >= 0.6 is 0 Å². The van der Waals surface area contributed by atoms with Crippen LogP contribution in [0, 0.1) is 0 Å². The molecule has 0 saturated carbocycles. The third-order valence-electron chi connectivity index (χ3n) is 3.29. The second kappa shape index (κ2) is 5.98. The minimum atomic E-state index is -0.546. The van der Waals surface area contributed by atoms with Crippen LogP contribution in [0.15, 0.2) is 24.3 Å². The molecule has 18 heavy (non-hydrogen) atoms. The van der Waals surface area contributed by atoms with Gasteiger partial charge in [0.15, 0.2) is 6.10 Å². The number of carbonyl (C=O) groups excluding carboxylic acids is 1. The minimum absolute atomic E-state index is 0.0450. The number of benzene rings is 1. The van der Waals surface area contributed by atoms with E-state index < -0.39 is 6.10 Å². The van der Waals surface area contributed by atoms with Gasteiger partial charge >= 0.3 is 0 Å². The van der Waals surface area contributed by atoms with E-state index >= 15 is 0 Å². The lowest BCUT2D eigenvalue weighted by Gasteiger charge is -2.26. The first kappa shape index (κ1) is 13.1. The summed E-state index contributed by atoms with van der Waals surface area (Å²) in [5, 5.41) is 11.9. The molecule has 0 radical (unpaired) electrons. The Bertz CT molecular complexity index is 415. The van der Waals surface area contributed by atoms with Crippen LogP contribution in [0.2, 0.25) is 0 Å². The van der Waals surface area contributed by atoms with Crippen LogP contribution in [0.1, 0.15) is 30.6 Å². The Hall–Kier alpha value is -1.39. The molecule has 0 fully saturated rings. The standard InChI is InChI=1S/C14H19NO3/c1-2-11(9-16)15-14(17)13-12-6-4-3-5-10(12)7-8-18-13/h3-6,11,13,16H,2,7-9H2,1H3,(H,15,17). The molecule has 1 heterocycles. The van der Waals surface area contributed by atoms with Crippen molar-refractivity contribution in [1.82, 2.24) is 5.32 Å². The molecule has 2 atom stereocenters. The van der Waals surface area contributed by atoms with Gasteiger partial charge in [-0.25, -0.2) is 0 Å². The smallest absolute Gasteiger partial charge is 0.254 e. The molecule has 2 rings (SSSR count). The maximum atomic E-state index is 12.1. The Labute approximate surface area is 107 Å². The number of fused-ring (bicyclic) bond motifs is 1. The Morgan fingerprint density at radius 2 is 2.33 bits per heavy atom. The van der Waals surface area contributed by atoms with Crippen molar-refractivity contribution < 1.29 is 14.6 Å². The first-order chi connectivity index (χ1) is 8.76. The van der Waals surface area contributed by atoms with E-state index in [9.17, 15) is 4.79 Å². The molecule has 0 aliphatic carbocycles. The molecule has 4 nitrogen and oxygen atoms in total. The third-order valence-corrected chi connectivity index (χ3v) is 3.29. The summed E-state index contributed by atoms with van der Waals surface area (Å²) in [7, 11) is 0. The molecule has 98 valence electrons. The highest BCUT2D eigenvalue weighted by atomic mass is 16.5. The van der Waals surface area contributed by atoms with Crippen molar-refractivity contribution in [2.24, 2.45) is 0 Å². The van der Waals surface area contributed by atoms with Crippen molar-refractivity contribution in [3.05, 3.63) is 35.4 Å². The summed E-state index contributed by atoms with van der Waals surface area (Å²) in [6.45, 7) is 2.44. The number of carbonyl (C=O) groups is 1. The van der Waals surface area contributed by atoms with Crippen LogP contribution in [-0.2, 0) is 16.0 Å². The summed E-state index contributed by atoms with van der Waals surface area (Å²) < 4.78 is 5.56. The van der Waals surface area contributed by atoms with Gasteiger partial charge in [0.25, 0.3) is 5.91 Å². The van der Waals surface area contributed by atoms with Crippen molar-refractivity contribution in [3.8, 4) is 0 Å². The average molecular weight is 249 g/mol. The fourth-order valence-corrected chi connectivity index (χ4v) is 2.16. The number of aliphatic hydroxyl groups is 1. The van der Waals surface area contributed by atoms with Crippen molar-refractivity contribution in [2.45, 2.75) is 31.9 Å². The molecule has 0 saturated heterocycles. The number of hydrogen-bond acceptors (Lipinski definition) is 3. The van der Waals surface area contributed by atoms with Gasteiger partial charge in [-0.05, 0) is 24.0 Å². The number of nitrogens with one attached hydrogen (secondary N) is 1. The van der Waals surface area contributed by atoms with Crippen molar-refractivity contribution in [3.63, 3.8) is 0 Å². The molecule has 2 unspecified atom stereocenters. The fraction of sp³-hybridized carbons (Fsp3) is 0.500. The lowest BCUT2D eigenvalue weighted by Crippen LogP contribution is -2.41. The Morgan fingerprint density at radius 3 is 3.06 bits per heavy atom. The van der Waals surface area contributed by atoms with Gasteiger partial charge < -0.3 is 15.2 Å². The summed E-state index contributed by atoms with van der Waals surface area (Å²) in [6, 6.07) is 7.65. The Morgan fingerprint density at radius 1 is 1.56 bits per heavy atom. The molecular formula is C14H19NO3. The SMILES string of the molecule is CCC(CO)NC(=O)C1OCCc2ccccc21. The van der Waals surface area contributed by atoms with Crippen LogP contribution in [0.25, 0.3) is 0 Å². The normalized spacial score (nSPS) is 20.0. The first-order valence-corrected chi connectivity index (χ1v) is 6.37. The summed E-state index contributed by atoms with van der Waals surface area (Å²) in [5.74, 6) is -0.164. The van der Waals surface area contributed by atoms with E-state index in [1.807, 2.05) is 31.2 Å². The van der Waals surface area contributed by atoms with E-state index in [1.54, 1.807) is 0 Å². The zero-order valence-corrected chi connectivity index (χ0v) is 10.6. The molecule has 4 heteroatoms. The maximum Gasteiger partial charge on any atom is 0.254 e. The molecule has 2 N–H and O–H groups in total. The van der Waals surface area contributed by atoms with Crippen LogP contribution in [0.3, 0.4) is 0 Å². The predicted molar refractivity (Wildman–Crippen MR) is 68.1 cm³/mol. The summed E-state index contributed by atoms with van der Waals surface area (Å²) >= 11 is 0. The third kappa shape index (κ3) is 2.71. The van der Waals surface area contributed by atoms with Gasteiger partial charge in [0.05, 0.1) is 19.3 Å². The van der Waals surface area contributed by atoms with Gasteiger partial charge in [0.2, 0.25) is 0 Å². The molecular weight excluding hydrogens is 230 g/mol. The molecule has 1 aromatic rings. The van der Waals surface area contributed by atoms with Crippen LogP contribution in [0.5, 0.6) is 0 Å². The predicted octanol–water partition coefficient (Wildman–Crippen LogP) is 1.19. The second-order valence-corrected chi connectivity index (χ2v) is 4.50. The molecule has 1 amide bonds. The number of rotatable bonds is 4. The van der Waals surface area contributed by atoms with E-state index in [4.69, 9.17) is 9.84 Å². The highest BCUT2D eigenvalue weighted by Crippen LogP contribution is 2.27. The fourth-order valence-electron chi connectivity index (χ4n) is 2.16. The topological polar surface area (TPSA) is 58.6 Å². The molecule has 1 aromatic carbocycles. The molecule has 0 spiro atoms. The van der Waals surface area contributed by atoms with Crippen LogP contribution in [-0.4, -0.2) is 30.3 Å². The van der Waals surface area contributed by atoms with E-state index in [2.05, 4.69) is 5.32 Å². The highest BCUT2D eigenvalue weighted by Gasteiger charge is 2.28. The molecule has 0 bridgehead atoms. The zero-order chi connectivity index (χ0) is 13.0. The van der Waals surface area contributed by atoms with Crippen LogP contribution < -0.4 is 5.32 Å². The molecule has 1 aliphatic heterocycles. The minimum Gasteiger partial charge on any atom is -0.394 e. The van der Waals surface area contributed by atoms with Crippen molar-refractivity contribution in [2.75, 3.05) is 13.2 Å². The molecule has 0 aromatic heterocycles. The van der Waals surface area contributed by atoms with Gasteiger partial charge in [-0.1, -0.05) is 31.2 Å². The largest absolute Gasteiger partial charge is 0.394 e. The summed E-state index contributed by atoms with van der Waals surface area (Å²) in [5.41, 5.74) is 2.11. The quantitative estimate of drug-likeness (QED) is 0.842. The van der Waals surface area contributed by atoms with Gasteiger partial charge in [-0.3, -0.25) is 4.79 Å². The van der Waals surface area contributed by atoms with Gasteiger partial charge in [-0.15, -0.1) is 0 Å². The van der Waals surface area contributed by atoms with E-state index in [1.165, 1.54) is 5.56 Å².